The SMILES string of the molecule is C[Si](C)(C)C(=O)CCCOc1ccccc1. The zero-order chi connectivity index (χ0) is 12.0. The Morgan fingerprint density at radius 2 is 1.81 bits per heavy atom. The summed E-state index contributed by atoms with van der Waals surface area (Å²) in [4.78, 5) is 11.7. The van der Waals surface area contributed by atoms with Crippen LogP contribution in [-0.4, -0.2) is 20.1 Å². The van der Waals surface area contributed by atoms with Gasteiger partial charge in [0.05, 0.1) is 6.61 Å². The molecule has 0 saturated heterocycles. The monoisotopic (exact) mass is 236 g/mol. The summed E-state index contributed by atoms with van der Waals surface area (Å²) in [6, 6.07) is 9.72. The molecule has 0 fully saturated rings. The lowest BCUT2D eigenvalue weighted by atomic mass is 10.3. The number of carbonyl (C=O) groups excluding carboxylic acids is 1. The van der Waals surface area contributed by atoms with Gasteiger partial charge in [0.2, 0.25) is 0 Å². The Morgan fingerprint density at radius 1 is 1.19 bits per heavy atom. The van der Waals surface area contributed by atoms with E-state index in [1.165, 1.54) is 0 Å². The third-order valence-corrected chi connectivity index (χ3v) is 4.32. The van der Waals surface area contributed by atoms with E-state index in [0.717, 1.165) is 12.2 Å². The van der Waals surface area contributed by atoms with Gasteiger partial charge in [0, 0.05) is 6.42 Å². The molecule has 0 N–H and O–H groups in total. The molecule has 16 heavy (non-hydrogen) atoms. The molecule has 0 heterocycles. The summed E-state index contributed by atoms with van der Waals surface area (Å²) in [5.41, 5.74) is 0. The molecule has 2 nitrogen and oxygen atoms in total. The third kappa shape index (κ3) is 4.62. The number of ether oxygens (including phenoxy) is 1. The van der Waals surface area contributed by atoms with Gasteiger partial charge < -0.3 is 9.53 Å². The summed E-state index contributed by atoms with van der Waals surface area (Å²) in [5, 5.41) is 0.434. The normalized spacial score (nSPS) is 11.2. The average Bonchev–Trinajstić information content (AvgIpc) is 2.24. The first-order chi connectivity index (χ1) is 7.50. The van der Waals surface area contributed by atoms with Gasteiger partial charge >= 0.3 is 0 Å². The van der Waals surface area contributed by atoms with E-state index >= 15 is 0 Å². The first-order valence-corrected chi connectivity index (χ1v) is 9.21. The van der Waals surface area contributed by atoms with Crippen molar-refractivity contribution in [3.05, 3.63) is 30.3 Å². The van der Waals surface area contributed by atoms with Crippen molar-refractivity contribution in [3.63, 3.8) is 0 Å². The van der Waals surface area contributed by atoms with Crippen molar-refractivity contribution in [2.75, 3.05) is 6.61 Å². The fourth-order valence-corrected chi connectivity index (χ4v) is 2.24. The lowest BCUT2D eigenvalue weighted by molar-refractivity contribution is -0.112. The molecule has 0 bridgehead atoms. The molecule has 0 saturated carbocycles. The summed E-state index contributed by atoms with van der Waals surface area (Å²) in [5.74, 6) is 0.878. The quantitative estimate of drug-likeness (QED) is 0.559. The van der Waals surface area contributed by atoms with Crippen molar-refractivity contribution in [1.82, 2.24) is 0 Å². The number of para-hydroxylation sites is 1. The Hall–Kier alpha value is -1.09. The second-order valence-electron chi connectivity index (χ2n) is 4.94. The van der Waals surface area contributed by atoms with Crippen LogP contribution in [0.4, 0.5) is 0 Å². The zero-order valence-electron chi connectivity index (χ0n) is 10.3. The van der Waals surface area contributed by atoms with Crippen LogP contribution in [0.25, 0.3) is 0 Å². The Balaban J connectivity index is 2.20. The number of hydrogen-bond donors (Lipinski definition) is 0. The van der Waals surface area contributed by atoms with Crippen LogP contribution in [0.3, 0.4) is 0 Å². The van der Waals surface area contributed by atoms with E-state index in [4.69, 9.17) is 4.74 Å². The highest BCUT2D eigenvalue weighted by Gasteiger charge is 2.22. The molecule has 0 amide bonds. The summed E-state index contributed by atoms with van der Waals surface area (Å²) >= 11 is 0. The molecule has 0 aliphatic rings. The van der Waals surface area contributed by atoms with E-state index in [2.05, 4.69) is 19.6 Å². The minimum atomic E-state index is -1.58. The van der Waals surface area contributed by atoms with E-state index < -0.39 is 8.07 Å². The Kier molecular flexibility index (Phi) is 4.74. The number of hydrogen-bond acceptors (Lipinski definition) is 2. The minimum absolute atomic E-state index is 0.434. The maximum atomic E-state index is 11.7. The highest BCUT2D eigenvalue weighted by Crippen LogP contribution is 2.10. The molecule has 0 spiro atoms. The van der Waals surface area contributed by atoms with Crippen LogP contribution in [0.15, 0.2) is 30.3 Å². The Labute approximate surface area is 98.6 Å². The third-order valence-electron chi connectivity index (χ3n) is 2.40. The van der Waals surface area contributed by atoms with Gasteiger partial charge in [0.1, 0.15) is 19.2 Å². The minimum Gasteiger partial charge on any atom is -0.494 e. The molecule has 1 aromatic rings. The van der Waals surface area contributed by atoms with Crippen LogP contribution < -0.4 is 4.74 Å². The van der Waals surface area contributed by atoms with Gasteiger partial charge in [-0.3, -0.25) is 0 Å². The molecule has 0 aromatic heterocycles. The van der Waals surface area contributed by atoms with Crippen LogP contribution in [0, 0.1) is 0 Å². The van der Waals surface area contributed by atoms with Gasteiger partial charge in [-0.25, -0.2) is 0 Å². The van der Waals surface area contributed by atoms with Gasteiger partial charge in [0.25, 0.3) is 0 Å². The molecule has 0 aliphatic carbocycles. The smallest absolute Gasteiger partial charge is 0.123 e. The van der Waals surface area contributed by atoms with Gasteiger partial charge in [-0.2, -0.15) is 0 Å². The van der Waals surface area contributed by atoms with Crippen molar-refractivity contribution in [2.24, 2.45) is 0 Å². The van der Waals surface area contributed by atoms with Gasteiger partial charge in [-0.15, -0.1) is 0 Å². The highest BCUT2D eigenvalue weighted by molar-refractivity contribution is 7.03. The average molecular weight is 236 g/mol. The molecular formula is C13H20O2Si. The van der Waals surface area contributed by atoms with E-state index in [1.54, 1.807) is 0 Å². The van der Waals surface area contributed by atoms with Gasteiger partial charge in [-0.05, 0) is 18.6 Å². The van der Waals surface area contributed by atoms with Crippen molar-refractivity contribution in [3.8, 4) is 5.75 Å². The second-order valence-corrected chi connectivity index (χ2v) is 10.00. The first kappa shape index (κ1) is 13.0. The van der Waals surface area contributed by atoms with Crippen LogP contribution >= 0.6 is 0 Å². The maximum absolute atomic E-state index is 11.7. The number of benzene rings is 1. The van der Waals surface area contributed by atoms with Crippen LogP contribution in [0.2, 0.25) is 19.6 Å². The van der Waals surface area contributed by atoms with Crippen LogP contribution in [-0.2, 0) is 4.79 Å². The molecule has 1 rings (SSSR count). The Morgan fingerprint density at radius 3 is 2.38 bits per heavy atom. The highest BCUT2D eigenvalue weighted by atomic mass is 28.3. The molecule has 0 radical (unpaired) electrons. The maximum Gasteiger partial charge on any atom is 0.123 e. The van der Waals surface area contributed by atoms with Crippen molar-refractivity contribution >= 4 is 13.5 Å². The topological polar surface area (TPSA) is 26.3 Å². The molecule has 0 atom stereocenters. The molecular weight excluding hydrogens is 216 g/mol. The van der Waals surface area contributed by atoms with Crippen molar-refractivity contribution in [2.45, 2.75) is 32.5 Å². The van der Waals surface area contributed by atoms with E-state index in [0.29, 0.717) is 18.4 Å². The van der Waals surface area contributed by atoms with Gasteiger partial charge in [-0.1, -0.05) is 37.8 Å². The van der Waals surface area contributed by atoms with E-state index in [1.807, 2.05) is 30.3 Å². The second kappa shape index (κ2) is 5.85. The fourth-order valence-electron chi connectivity index (χ4n) is 1.31. The summed E-state index contributed by atoms with van der Waals surface area (Å²) < 4.78 is 5.53. The molecule has 0 aliphatic heterocycles. The molecule has 1 aromatic carbocycles. The summed E-state index contributed by atoms with van der Waals surface area (Å²) in [6.07, 6.45) is 1.47. The standard InChI is InChI=1S/C13H20O2Si/c1-16(2,3)13(14)10-7-11-15-12-8-5-4-6-9-12/h4-6,8-9H,7,10-11H2,1-3H3. The Bertz CT molecular complexity index is 328. The summed E-state index contributed by atoms with van der Waals surface area (Å²) in [6.45, 7) is 6.90. The van der Waals surface area contributed by atoms with Crippen LogP contribution in [0.5, 0.6) is 5.75 Å². The van der Waals surface area contributed by atoms with Crippen molar-refractivity contribution < 1.29 is 9.53 Å². The summed E-state index contributed by atoms with van der Waals surface area (Å²) in [7, 11) is -1.58. The largest absolute Gasteiger partial charge is 0.494 e. The number of rotatable bonds is 6. The molecule has 88 valence electrons. The molecule has 3 heteroatoms. The van der Waals surface area contributed by atoms with Crippen LogP contribution in [0.1, 0.15) is 12.8 Å². The predicted octanol–water partition coefficient (Wildman–Crippen LogP) is 3.29. The van der Waals surface area contributed by atoms with E-state index in [-0.39, 0.29) is 0 Å². The lowest BCUT2D eigenvalue weighted by Gasteiger charge is -2.13. The van der Waals surface area contributed by atoms with Crippen molar-refractivity contribution in [1.29, 1.82) is 0 Å². The predicted molar refractivity (Wildman–Crippen MR) is 69.5 cm³/mol. The fraction of sp³-hybridized carbons (Fsp3) is 0.462. The van der Waals surface area contributed by atoms with Gasteiger partial charge in [0.15, 0.2) is 0 Å². The molecule has 0 unspecified atom stereocenters. The zero-order valence-corrected chi connectivity index (χ0v) is 11.3. The first-order valence-electron chi connectivity index (χ1n) is 5.71. The number of carbonyl (C=O) groups is 1. The van der Waals surface area contributed by atoms with E-state index in [9.17, 15) is 4.79 Å². The lowest BCUT2D eigenvalue weighted by Crippen LogP contribution is -2.33.